The number of benzene rings is 2. The zero-order chi connectivity index (χ0) is 27.1. The Morgan fingerprint density at radius 1 is 0.946 bits per heavy atom. The van der Waals surface area contributed by atoms with Crippen molar-refractivity contribution in [2.24, 2.45) is 0 Å². The SMILES string of the molecule is CCCCOc1cc(C=C(OCC)C(=O)O)ccc1OCCc1ccc(NCS(=O)(=O)CCCC)cc1. The van der Waals surface area contributed by atoms with E-state index in [1.807, 2.05) is 31.2 Å². The van der Waals surface area contributed by atoms with Gasteiger partial charge >= 0.3 is 5.97 Å². The monoisotopic (exact) mass is 533 g/mol. The number of unbranched alkanes of at least 4 members (excludes halogenated alkanes) is 2. The maximum absolute atomic E-state index is 12.0. The summed E-state index contributed by atoms with van der Waals surface area (Å²) >= 11 is 0. The van der Waals surface area contributed by atoms with Crippen LogP contribution < -0.4 is 14.8 Å². The summed E-state index contributed by atoms with van der Waals surface area (Å²) in [6.07, 6.45) is 5.51. The number of rotatable bonds is 18. The number of carbonyl (C=O) groups is 1. The van der Waals surface area contributed by atoms with Crippen LogP contribution in [0.15, 0.2) is 48.2 Å². The second-order valence-electron chi connectivity index (χ2n) is 8.57. The average Bonchev–Trinajstić information content (AvgIpc) is 2.88. The fourth-order valence-corrected chi connectivity index (χ4v) is 4.60. The van der Waals surface area contributed by atoms with Gasteiger partial charge in [-0.05, 0) is 61.2 Å². The summed E-state index contributed by atoms with van der Waals surface area (Å²) in [5.41, 5.74) is 2.45. The van der Waals surface area contributed by atoms with Crippen molar-refractivity contribution < 1.29 is 32.5 Å². The second-order valence-corrected chi connectivity index (χ2v) is 10.8. The van der Waals surface area contributed by atoms with Crippen LogP contribution in [0, 0.1) is 0 Å². The first-order chi connectivity index (χ1) is 17.8. The van der Waals surface area contributed by atoms with Gasteiger partial charge in [0.1, 0.15) is 5.88 Å². The van der Waals surface area contributed by atoms with E-state index in [0.29, 0.717) is 43.1 Å². The molecular weight excluding hydrogens is 494 g/mol. The largest absolute Gasteiger partial charge is 0.490 e. The maximum atomic E-state index is 12.0. The molecule has 0 radical (unpaired) electrons. The lowest BCUT2D eigenvalue weighted by molar-refractivity contribution is -0.136. The van der Waals surface area contributed by atoms with Gasteiger partial charge in [-0.15, -0.1) is 0 Å². The van der Waals surface area contributed by atoms with Crippen LogP contribution in [-0.2, 0) is 25.8 Å². The average molecular weight is 534 g/mol. The number of aliphatic carboxylic acids is 1. The van der Waals surface area contributed by atoms with Crippen LogP contribution in [0.1, 0.15) is 57.6 Å². The molecule has 0 saturated carbocycles. The number of carboxylic acids is 1. The van der Waals surface area contributed by atoms with Gasteiger partial charge in [0, 0.05) is 12.1 Å². The van der Waals surface area contributed by atoms with E-state index in [2.05, 4.69) is 12.2 Å². The van der Waals surface area contributed by atoms with Gasteiger partial charge in [0.05, 0.1) is 25.6 Å². The van der Waals surface area contributed by atoms with Crippen molar-refractivity contribution in [2.45, 2.75) is 52.9 Å². The molecule has 0 fully saturated rings. The van der Waals surface area contributed by atoms with Crippen molar-refractivity contribution in [2.75, 3.05) is 36.8 Å². The summed E-state index contributed by atoms with van der Waals surface area (Å²) in [5, 5.41) is 12.3. The van der Waals surface area contributed by atoms with Crippen LogP contribution >= 0.6 is 0 Å². The highest BCUT2D eigenvalue weighted by Crippen LogP contribution is 2.30. The smallest absolute Gasteiger partial charge is 0.371 e. The molecule has 9 heteroatoms. The third-order valence-electron chi connectivity index (χ3n) is 5.44. The van der Waals surface area contributed by atoms with Gasteiger partial charge in [0.2, 0.25) is 5.76 Å². The fraction of sp³-hybridized carbons (Fsp3) is 0.464. The Hall–Kier alpha value is -3.20. The Bertz CT molecular complexity index is 1110. The highest BCUT2D eigenvalue weighted by Gasteiger charge is 2.12. The van der Waals surface area contributed by atoms with Crippen molar-refractivity contribution in [3.63, 3.8) is 0 Å². The van der Waals surface area contributed by atoms with E-state index in [9.17, 15) is 18.3 Å². The van der Waals surface area contributed by atoms with Crippen molar-refractivity contribution in [1.29, 1.82) is 0 Å². The number of ether oxygens (including phenoxy) is 3. The van der Waals surface area contributed by atoms with Crippen LogP contribution in [0.2, 0.25) is 0 Å². The van der Waals surface area contributed by atoms with Crippen molar-refractivity contribution in [3.8, 4) is 11.5 Å². The van der Waals surface area contributed by atoms with Gasteiger partial charge < -0.3 is 24.6 Å². The van der Waals surface area contributed by atoms with Gasteiger partial charge in [-0.1, -0.05) is 44.9 Å². The van der Waals surface area contributed by atoms with Crippen LogP contribution in [0.4, 0.5) is 5.69 Å². The molecule has 0 heterocycles. The van der Waals surface area contributed by atoms with Gasteiger partial charge in [-0.25, -0.2) is 13.2 Å². The number of anilines is 1. The molecule has 2 aromatic rings. The molecular formula is C28H39NO7S. The van der Waals surface area contributed by atoms with E-state index in [1.54, 1.807) is 25.1 Å². The molecule has 0 spiro atoms. The van der Waals surface area contributed by atoms with E-state index in [-0.39, 0.29) is 24.0 Å². The molecule has 0 bridgehead atoms. The third kappa shape index (κ3) is 11.2. The molecule has 0 aromatic heterocycles. The van der Waals surface area contributed by atoms with E-state index in [4.69, 9.17) is 14.2 Å². The molecule has 8 nitrogen and oxygen atoms in total. The number of carboxylic acid groups (broad SMARTS) is 1. The van der Waals surface area contributed by atoms with E-state index < -0.39 is 15.8 Å². The molecule has 0 aliphatic carbocycles. The number of hydrogen-bond donors (Lipinski definition) is 2. The Morgan fingerprint density at radius 2 is 1.65 bits per heavy atom. The summed E-state index contributed by atoms with van der Waals surface area (Å²) < 4.78 is 41.2. The first-order valence-electron chi connectivity index (χ1n) is 12.8. The van der Waals surface area contributed by atoms with E-state index >= 15 is 0 Å². The quantitative estimate of drug-likeness (QED) is 0.146. The molecule has 37 heavy (non-hydrogen) atoms. The highest BCUT2D eigenvalue weighted by atomic mass is 32.2. The van der Waals surface area contributed by atoms with Gasteiger partial charge in [-0.3, -0.25) is 0 Å². The lowest BCUT2D eigenvalue weighted by atomic mass is 10.1. The molecule has 0 saturated heterocycles. The predicted molar refractivity (Wildman–Crippen MR) is 147 cm³/mol. The van der Waals surface area contributed by atoms with Crippen LogP contribution in [0.5, 0.6) is 11.5 Å². The molecule has 0 atom stereocenters. The minimum atomic E-state index is -3.11. The summed E-state index contributed by atoms with van der Waals surface area (Å²) in [6.45, 7) is 6.98. The zero-order valence-electron chi connectivity index (χ0n) is 22.0. The first-order valence-corrected chi connectivity index (χ1v) is 14.6. The molecule has 0 amide bonds. The molecule has 0 aliphatic heterocycles. The minimum absolute atomic E-state index is 0.0695. The van der Waals surface area contributed by atoms with Crippen LogP contribution in [-0.4, -0.2) is 50.9 Å². The topological polar surface area (TPSA) is 111 Å². The van der Waals surface area contributed by atoms with Crippen LogP contribution in [0.25, 0.3) is 6.08 Å². The zero-order valence-corrected chi connectivity index (χ0v) is 22.8. The Balaban J connectivity index is 2.00. The summed E-state index contributed by atoms with van der Waals surface area (Å²) in [5.74, 6) is -0.00731. The Morgan fingerprint density at radius 3 is 2.30 bits per heavy atom. The summed E-state index contributed by atoms with van der Waals surface area (Å²) in [7, 11) is -3.11. The fourth-order valence-electron chi connectivity index (χ4n) is 3.34. The normalized spacial score (nSPS) is 11.7. The molecule has 204 valence electrons. The van der Waals surface area contributed by atoms with E-state index in [0.717, 1.165) is 30.5 Å². The van der Waals surface area contributed by atoms with E-state index in [1.165, 1.54) is 6.08 Å². The van der Waals surface area contributed by atoms with Crippen molar-refractivity contribution >= 4 is 27.6 Å². The summed E-state index contributed by atoms with van der Waals surface area (Å²) in [4.78, 5) is 11.4. The molecule has 2 rings (SSSR count). The third-order valence-corrected chi connectivity index (χ3v) is 6.93. The lowest BCUT2D eigenvalue weighted by Crippen LogP contribution is -2.17. The molecule has 0 unspecified atom stereocenters. The van der Waals surface area contributed by atoms with Crippen molar-refractivity contribution in [3.05, 3.63) is 59.4 Å². The van der Waals surface area contributed by atoms with Crippen LogP contribution in [0.3, 0.4) is 0 Å². The number of sulfone groups is 1. The number of nitrogens with one attached hydrogen (secondary N) is 1. The molecule has 2 N–H and O–H groups in total. The minimum Gasteiger partial charge on any atom is -0.490 e. The molecule has 2 aromatic carbocycles. The van der Waals surface area contributed by atoms with Gasteiger partial charge in [0.25, 0.3) is 0 Å². The Labute approximate surface area is 220 Å². The van der Waals surface area contributed by atoms with Gasteiger partial charge in [-0.2, -0.15) is 0 Å². The summed E-state index contributed by atoms with van der Waals surface area (Å²) in [6, 6.07) is 12.9. The highest BCUT2D eigenvalue weighted by molar-refractivity contribution is 7.91. The number of hydrogen-bond acceptors (Lipinski definition) is 7. The lowest BCUT2D eigenvalue weighted by Gasteiger charge is -2.14. The first kappa shape index (κ1) is 30.0. The molecule has 0 aliphatic rings. The van der Waals surface area contributed by atoms with Gasteiger partial charge in [0.15, 0.2) is 21.3 Å². The Kier molecular flexibility index (Phi) is 12.8. The second kappa shape index (κ2) is 15.8. The standard InChI is InChI=1S/C28H39NO7S/c1-4-7-16-35-26-19-23(20-27(28(30)31)34-6-3)11-14-25(26)36-17-15-22-9-12-24(13-10-22)29-21-37(32,33)18-8-5-2/h9-14,19-20,29H,4-8,15-18,21H2,1-3H3,(H,30,31). The predicted octanol–water partition coefficient (Wildman–Crippen LogP) is 5.53. The van der Waals surface area contributed by atoms with Crippen molar-refractivity contribution in [1.82, 2.24) is 0 Å². The maximum Gasteiger partial charge on any atom is 0.371 e.